The minimum absolute atomic E-state index is 0.00617. The molecule has 0 saturated heterocycles. The van der Waals surface area contributed by atoms with Crippen molar-refractivity contribution in [2.75, 3.05) is 5.73 Å². The number of fused-ring (bicyclic) bond motifs is 1. The average molecular weight is 255 g/mol. The lowest BCUT2D eigenvalue weighted by Crippen LogP contribution is -2.08. The van der Waals surface area contributed by atoms with Crippen LogP contribution in [0, 0.1) is 0 Å². The van der Waals surface area contributed by atoms with Crippen molar-refractivity contribution >= 4 is 11.5 Å². The number of aromatic nitrogens is 2. The van der Waals surface area contributed by atoms with Crippen molar-refractivity contribution in [1.82, 2.24) is 9.55 Å². The van der Waals surface area contributed by atoms with Crippen LogP contribution >= 0.6 is 0 Å². The maximum atomic E-state index is 11.6. The van der Waals surface area contributed by atoms with E-state index in [0.717, 1.165) is 18.5 Å². The number of hydrogen-bond donors (Lipinski definition) is 1. The molecule has 0 atom stereocenters. The van der Waals surface area contributed by atoms with Crippen molar-refractivity contribution < 1.29 is 4.79 Å². The second-order valence-corrected chi connectivity index (χ2v) is 5.04. The summed E-state index contributed by atoms with van der Waals surface area (Å²) in [5.41, 5.74) is 10.4. The SMILES string of the molecule is CC(=O)c1cc(-n2cnc3c2CCCC3)ccc1N. The summed E-state index contributed by atoms with van der Waals surface area (Å²) in [5.74, 6) is -0.00617. The zero-order valence-corrected chi connectivity index (χ0v) is 11.0. The maximum Gasteiger partial charge on any atom is 0.161 e. The van der Waals surface area contributed by atoms with E-state index in [4.69, 9.17) is 5.73 Å². The Morgan fingerprint density at radius 1 is 1.32 bits per heavy atom. The highest BCUT2D eigenvalue weighted by Gasteiger charge is 2.16. The molecule has 2 N–H and O–H groups in total. The maximum absolute atomic E-state index is 11.6. The van der Waals surface area contributed by atoms with Crippen LogP contribution in [-0.4, -0.2) is 15.3 Å². The van der Waals surface area contributed by atoms with Crippen molar-refractivity contribution in [2.45, 2.75) is 32.6 Å². The van der Waals surface area contributed by atoms with Crippen LogP contribution in [0.3, 0.4) is 0 Å². The normalized spacial score (nSPS) is 14.2. The summed E-state index contributed by atoms with van der Waals surface area (Å²) in [7, 11) is 0. The molecule has 1 aliphatic carbocycles. The number of nitrogens with two attached hydrogens (primary N) is 1. The monoisotopic (exact) mass is 255 g/mol. The lowest BCUT2D eigenvalue weighted by Gasteiger charge is -2.15. The Hall–Kier alpha value is -2.10. The third-order valence-electron chi connectivity index (χ3n) is 3.72. The van der Waals surface area contributed by atoms with Gasteiger partial charge in [-0.3, -0.25) is 4.79 Å². The number of carbonyl (C=O) groups excluding carboxylic acids is 1. The van der Waals surface area contributed by atoms with Crippen molar-refractivity contribution in [3.8, 4) is 5.69 Å². The fraction of sp³-hybridized carbons (Fsp3) is 0.333. The Labute approximate surface area is 112 Å². The molecular weight excluding hydrogens is 238 g/mol. The van der Waals surface area contributed by atoms with E-state index < -0.39 is 0 Å². The van der Waals surface area contributed by atoms with Gasteiger partial charge in [0.25, 0.3) is 0 Å². The molecule has 1 aliphatic rings. The first-order chi connectivity index (χ1) is 9.16. The summed E-state index contributed by atoms with van der Waals surface area (Å²) >= 11 is 0. The highest BCUT2D eigenvalue weighted by Crippen LogP contribution is 2.25. The van der Waals surface area contributed by atoms with Crippen LogP contribution in [0.15, 0.2) is 24.5 Å². The number of carbonyl (C=O) groups is 1. The molecule has 0 amide bonds. The standard InChI is InChI=1S/C15H17N3O/c1-10(19)12-8-11(6-7-13(12)16)18-9-17-14-4-2-3-5-15(14)18/h6-9H,2-5,16H2,1H3. The van der Waals surface area contributed by atoms with Gasteiger partial charge < -0.3 is 10.3 Å². The third-order valence-corrected chi connectivity index (χ3v) is 3.72. The van der Waals surface area contributed by atoms with Crippen LogP contribution in [-0.2, 0) is 12.8 Å². The summed E-state index contributed by atoms with van der Waals surface area (Å²) < 4.78 is 2.08. The van der Waals surface area contributed by atoms with Gasteiger partial charge in [-0.1, -0.05) is 0 Å². The highest BCUT2D eigenvalue weighted by atomic mass is 16.1. The lowest BCUT2D eigenvalue weighted by molar-refractivity contribution is 0.101. The third kappa shape index (κ3) is 2.03. The lowest BCUT2D eigenvalue weighted by atomic mass is 10.0. The number of Topliss-reactive ketones (excluding diaryl/α,β-unsaturated/α-hetero) is 1. The smallest absolute Gasteiger partial charge is 0.161 e. The van der Waals surface area contributed by atoms with Gasteiger partial charge in [-0.15, -0.1) is 0 Å². The Balaban J connectivity index is 2.10. The van der Waals surface area contributed by atoms with E-state index in [0.29, 0.717) is 11.3 Å². The zero-order chi connectivity index (χ0) is 13.4. The molecule has 19 heavy (non-hydrogen) atoms. The highest BCUT2D eigenvalue weighted by molar-refractivity contribution is 5.99. The van der Waals surface area contributed by atoms with Crippen LogP contribution in [0.5, 0.6) is 0 Å². The van der Waals surface area contributed by atoms with Gasteiger partial charge in [-0.2, -0.15) is 0 Å². The van der Waals surface area contributed by atoms with E-state index in [1.54, 1.807) is 13.0 Å². The zero-order valence-electron chi connectivity index (χ0n) is 11.0. The Morgan fingerprint density at radius 2 is 2.11 bits per heavy atom. The van der Waals surface area contributed by atoms with E-state index in [2.05, 4.69) is 9.55 Å². The topological polar surface area (TPSA) is 60.9 Å². The molecule has 0 saturated carbocycles. The molecule has 0 radical (unpaired) electrons. The summed E-state index contributed by atoms with van der Waals surface area (Å²) in [6, 6.07) is 5.59. The second-order valence-electron chi connectivity index (χ2n) is 5.04. The number of aryl methyl sites for hydroxylation is 1. The first-order valence-corrected chi connectivity index (χ1v) is 6.63. The predicted molar refractivity (Wildman–Crippen MR) is 74.6 cm³/mol. The quantitative estimate of drug-likeness (QED) is 0.662. The molecule has 1 aromatic heterocycles. The summed E-state index contributed by atoms with van der Waals surface area (Å²) in [6.07, 6.45) is 6.37. The van der Waals surface area contributed by atoms with Crippen molar-refractivity contribution in [1.29, 1.82) is 0 Å². The Bertz CT molecular complexity index is 643. The molecule has 1 heterocycles. The number of benzene rings is 1. The number of anilines is 1. The average Bonchev–Trinajstić information content (AvgIpc) is 2.83. The second kappa shape index (κ2) is 4.53. The number of imidazole rings is 1. The molecule has 0 fully saturated rings. The van der Waals surface area contributed by atoms with Crippen molar-refractivity contribution in [2.24, 2.45) is 0 Å². The minimum atomic E-state index is -0.00617. The van der Waals surface area contributed by atoms with Crippen LogP contribution < -0.4 is 5.73 Å². The number of ketones is 1. The van der Waals surface area contributed by atoms with E-state index >= 15 is 0 Å². The van der Waals surface area contributed by atoms with Gasteiger partial charge in [0.05, 0.1) is 12.0 Å². The van der Waals surface area contributed by atoms with E-state index in [1.165, 1.54) is 24.2 Å². The number of nitrogen functional groups attached to an aromatic ring is 1. The van der Waals surface area contributed by atoms with E-state index in [-0.39, 0.29) is 5.78 Å². The van der Waals surface area contributed by atoms with Gasteiger partial charge in [-0.25, -0.2) is 4.98 Å². The Kier molecular flexibility index (Phi) is 2.85. The summed E-state index contributed by atoms with van der Waals surface area (Å²) in [6.45, 7) is 1.54. The van der Waals surface area contributed by atoms with Crippen LogP contribution in [0.1, 0.15) is 41.5 Å². The molecule has 4 nitrogen and oxygen atoms in total. The van der Waals surface area contributed by atoms with Crippen LogP contribution in [0.2, 0.25) is 0 Å². The van der Waals surface area contributed by atoms with Gasteiger partial charge >= 0.3 is 0 Å². The summed E-state index contributed by atoms with van der Waals surface area (Å²) in [4.78, 5) is 16.0. The minimum Gasteiger partial charge on any atom is -0.398 e. The number of nitrogens with zero attached hydrogens (tertiary/aromatic N) is 2. The van der Waals surface area contributed by atoms with Gasteiger partial charge in [0.15, 0.2) is 5.78 Å². The largest absolute Gasteiger partial charge is 0.398 e. The molecule has 0 bridgehead atoms. The predicted octanol–water partition coefficient (Wildman–Crippen LogP) is 2.54. The fourth-order valence-corrected chi connectivity index (χ4v) is 2.69. The number of rotatable bonds is 2. The molecule has 4 heteroatoms. The molecule has 0 unspecified atom stereocenters. The molecule has 0 aliphatic heterocycles. The summed E-state index contributed by atoms with van der Waals surface area (Å²) in [5, 5.41) is 0. The van der Waals surface area contributed by atoms with E-state index in [1.807, 2.05) is 18.5 Å². The van der Waals surface area contributed by atoms with Crippen molar-refractivity contribution in [3.05, 3.63) is 41.5 Å². The molecule has 1 aromatic carbocycles. The van der Waals surface area contributed by atoms with Gasteiger partial charge in [-0.05, 0) is 50.8 Å². The Morgan fingerprint density at radius 3 is 2.89 bits per heavy atom. The molecule has 2 aromatic rings. The van der Waals surface area contributed by atoms with Gasteiger partial charge in [0.1, 0.15) is 0 Å². The van der Waals surface area contributed by atoms with Gasteiger partial charge in [0, 0.05) is 22.6 Å². The van der Waals surface area contributed by atoms with Crippen molar-refractivity contribution in [3.63, 3.8) is 0 Å². The van der Waals surface area contributed by atoms with E-state index in [9.17, 15) is 4.79 Å². The first-order valence-electron chi connectivity index (χ1n) is 6.63. The molecule has 3 rings (SSSR count). The first kappa shape index (κ1) is 12.0. The van der Waals surface area contributed by atoms with Crippen LogP contribution in [0.25, 0.3) is 5.69 Å². The van der Waals surface area contributed by atoms with Crippen LogP contribution in [0.4, 0.5) is 5.69 Å². The van der Waals surface area contributed by atoms with Gasteiger partial charge in [0.2, 0.25) is 0 Å². The molecule has 98 valence electrons. The molecular formula is C15H17N3O. The number of hydrogen-bond acceptors (Lipinski definition) is 3. The fourth-order valence-electron chi connectivity index (χ4n) is 2.69. The molecule has 0 spiro atoms.